The standard InChI is InChI=1S/C13H15FN2O3/c14-9-1-3-12(16(17)18)8(5-9)7-15-11-6-10-2-4-13(11)19-10/h1,3,5,10-11,13,15H,2,4,6-7H2. The lowest BCUT2D eigenvalue weighted by molar-refractivity contribution is -0.385. The Morgan fingerprint density at radius 3 is 2.95 bits per heavy atom. The average molecular weight is 266 g/mol. The molecule has 19 heavy (non-hydrogen) atoms. The van der Waals surface area contributed by atoms with Crippen LogP contribution in [-0.4, -0.2) is 23.2 Å². The van der Waals surface area contributed by atoms with Crippen LogP contribution in [0.5, 0.6) is 0 Å². The summed E-state index contributed by atoms with van der Waals surface area (Å²) in [6.07, 6.45) is 3.60. The van der Waals surface area contributed by atoms with E-state index in [0.717, 1.165) is 25.3 Å². The zero-order chi connectivity index (χ0) is 13.4. The fraction of sp³-hybridized carbons (Fsp3) is 0.538. The Balaban J connectivity index is 1.69. The molecule has 3 atom stereocenters. The second-order valence-electron chi connectivity index (χ2n) is 5.13. The van der Waals surface area contributed by atoms with E-state index < -0.39 is 10.7 Å². The molecule has 3 rings (SSSR count). The number of halogens is 1. The molecule has 2 saturated heterocycles. The first-order valence-corrected chi connectivity index (χ1v) is 6.45. The molecule has 0 spiro atoms. The van der Waals surface area contributed by atoms with Crippen molar-refractivity contribution in [2.24, 2.45) is 0 Å². The van der Waals surface area contributed by atoms with Crippen LogP contribution in [0.25, 0.3) is 0 Å². The molecule has 0 saturated carbocycles. The number of benzene rings is 1. The molecule has 1 aromatic carbocycles. The number of rotatable bonds is 4. The van der Waals surface area contributed by atoms with Crippen LogP contribution >= 0.6 is 0 Å². The summed E-state index contributed by atoms with van der Waals surface area (Å²) < 4.78 is 18.9. The molecule has 5 nitrogen and oxygen atoms in total. The minimum Gasteiger partial charge on any atom is -0.373 e. The van der Waals surface area contributed by atoms with Crippen molar-refractivity contribution >= 4 is 5.69 Å². The van der Waals surface area contributed by atoms with E-state index in [2.05, 4.69) is 5.32 Å². The second kappa shape index (κ2) is 4.86. The summed E-state index contributed by atoms with van der Waals surface area (Å²) in [4.78, 5) is 10.4. The minimum atomic E-state index is -0.478. The van der Waals surface area contributed by atoms with Crippen molar-refractivity contribution in [2.45, 2.75) is 44.1 Å². The molecule has 0 aliphatic carbocycles. The maximum atomic E-state index is 13.2. The molecular weight excluding hydrogens is 251 g/mol. The Kier molecular flexibility index (Phi) is 3.20. The van der Waals surface area contributed by atoms with Crippen LogP contribution in [0, 0.1) is 15.9 Å². The third-order valence-electron chi connectivity index (χ3n) is 3.90. The Morgan fingerprint density at radius 2 is 2.32 bits per heavy atom. The number of ether oxygens (including phenoxy) is 1. The van der Waals surface area contributed by atoms with Gasteiger partial charge >= 0.3 is 0 Å². The molecule has 2 bridgehead atoms. The topological polar surface area (TPSA) is 64.4 Å². The van der Waals surface area contributed by atoms with Gasteiger partial charge in [-0.3, -0.25) is 10.1 Å². The smallest absolute Gasteiger partial charge is 0.274 e. The van der Waals surface area contributed by atoms with E-state index in [4.69, 9.17) is 4.74 Å². The zero-order valence-electron chi connectivity index (χ0n) is 10.3. The minimum absolute atomic E-state index is 0.0435. The number of nitro benzene ring substituents is 1. The van der Waals surface area contributed by atoms with Gasteiger partial charge in [0.25, 0.3) is 5.69 Å². The number of nitro groups is 1. The van der Waals surface area contributed by atoms with Crippen molar-refractivity contribution in [1.82, 2.24) is 5.32 Å². The summed E-state index contributed by atoms with van der Waals surface area (Å²) in [7, 11) is 0. The quantitative estimate of drug-likeness (QED) is 0.670. The first-order valence-electron chi connectivity index (χ1n) is 6.45. The monoisotopic (exact) mass is 266 g/mol. The fourth-order valence-corrected chi connectivity index (χ4v) is 2.97. The number of nitrogens with zero attached hydrogens (tertiary/aromatic N) is 1. The molecule has 102 valence electrons. The van der Waals surface area contributed by atoms with Gasteiger partial charge in [0.15, 0.2) is 0 Å². The van der Waals surface area contributed by atoms with Crippen molar-refractivity contribution < 1.29 is 14.1 Å². The van der Waals surface area contributed by atoms with Crippen molar-refractivity contribution in [3.8, 4) is 0 Å². The van der Waals surface area contributed by atoms with Crippen molar-refractivity contribution in [3.63, 3.8) is 0 Å². The summed E-state index contributed by atoms with van der Waals surface area (Å²) in [5.74, 6) is -0.452. The highest BCUT2D eigenvalue weighted by atomic mass is 19.1. The fourth-order valence-electron chi connectivity index (χ4n) is 2.97. The molecule has 0 amide bonds. The highest BCUT2D eigenvalue weighted by molar-refractivity contribution is 5.40. The molecule has 1 N–H and O–H groups in total. The van der Waals surface area contributed by atoms with Gasteiger partial charge in [0.05, 0.1) is 17.1 Å². The predicted molar refractivity (Wildman–Crippen MR) is 66.2 cm³/mol. The van der Waals surface area contributed by atoms with Crippen LogP contribution < -0.4 is 5.32 Å². The van der Waals surface area contributed by atoms with Gasteiger partial charge in [-0.2, -0.15) is 0 Å². The van der Waals surface area contributed by atoms with E-state index in [1.54, 1.807) is 0 Å². The number of nitrogens with one attached hydrogen (secondary N) is 1. The van der Waals surface area contributed by atoms with Gasteiger partial charge in [0, 0.05) is 24.2 Å². The van der Waals surface area contributed by atoms with Crippen molar-refractivity contribution in [3.05, 3.63) is 39.7 Å². The molecule has 1 aromatic rings. The van der Waals surface area contributed by atoms with Crippen LogP contribution in [0.1, 0.15) is 24.8 Å². The summed E-state index contributed by atoms with van der Waals surface area (Å²) in [5.41, 5.74) is 0.339. The first-order chi connectivity index (χ1) is 9.13. The number of fused-ring (bicyclic) bond motifs is 2. The number of hydrogen-bond donors (Lipinski definition) is 1. The van der Waals surface area contributed by atoms with Crippen LogP contribution in [0.3, 0.4) is 0 Å². The lowest BCUT2D eigenvalue weighted by Gasteiger charge is -2.20. The average Bonchev–Trinajstić information content (AvgIpc) is 2.98. The van der Waals surface area contributed by atoms with Crippen LogP contribution in [0.2, 0.25) is 0 Å². The SMILES string of the molecule is O=[N+]([O-])c1ccc(F)cc1CNC1CC2CCC1O2. The van der Waals surface area contributed by atoms with Gasteiger partial charge in [0.2, 0.25) is 0 Å². The molecule has 3 unspecified atom stereocenters. The largest absolute Gasteiger partial charge is 0.373 e. The third kappa shape index (κ3) is 2.46. The van der Waals surface area contributed by atoms with Crippen LogP contribution in [0.4, 0.5) is 10.1 Å². The molecule has 2 fully saturated rings. The summed E-state index contributed by atoms with van der Waals surface area (Å²) >= 11 is 0. The van der Waals surface area contributed by atoms with E-state index in [9.17, 15) is 14.5 Å². The van der Waals surface area contributed by atoms with E-state index >= 15 is 0 Å². The highest BCUT2D eigenvalue weighted by Crippen LogP contribution is 2.34. The Labute approximate surface area is 109 Å². The van der Waals surface area contributed by atoms with E-state index in [1.807, 2.05) is 0 Å². The Hall–Kier alpha value is -1.53. The van der Waals surface area contributed by atoms with Crippen molar-refractivity contribution in [2.75, 3.05) is 0 Å². The molecule has 6 heteroatoms. The number of hydrogen-bond acceptors (Lipinski definition) is 4. The lowest BCUT2D eigenvalue weighted by Crippen LogP contribution is -2.37. The van der Waals surface area contributed by atoms with Crippen LogP contribution in [0.15, 0.2) is 18.2 Å². The lowest BCUT2D eigenvalue weighted by atomic mass is 9.95. The van der Waals surface area contributed by atoms with E-state index in [0.29, 0.717) is 18.2 Å². The molecule has 2 heterocycles. The van der Waals surface area contributed by atoms with Gasteiger partial charge in [-0.25, -0.2) is 4.39 Å². The Bertz CT molecular complexity index is 509. The van der Waals surface area contributed by atoms with Gasteiger partial charge in [-0.1, -0.05) is 0 Å². The molecule has 2 aliphatic heterocycles. The first kappa shape index (κ1) is 12.5. The summed E-state index contributed by atoms with van der Waals surface area (Å²) in [6.45, 7) is 0.297. The normalized spacial score (nSPS) is 28.8. The summed E-state index contributed by atoms with van der Waals surface area (Å²) in [6, 6.07) is 3.77. The molecular formula is C13H15FN2O3. The molecule has 0 radical (unpaired) electrons. The van der Waals surface area contributed by atoms with Crippen LogP contribution in [-0.2, 0) is 11.3 Å². The maximum absolute atomic E-state index is 13.2. The molecule has 0 aromatic heterocycles. The van der Waals surface area contributed by atoms with Gasteiger partial charge in [-0.15, -0.1) is 0 Å². The Morgan fingerprint density at radius 1 is 1.47 bits per heavy atom. The van der Waals surface area contributed by atoms with E-state index in [1.165, 1.54) is 12.1 Å². The molecule has 2 aliphatic rings. The third-order valence-corrected chi connectivity index (χ3v) is 3.90. The highest BCUT2D eigenvalue weighted by Gasteiger charge is 2.40. The zero-order valence-corrected chi connectivity index (χ0v) is 10.3. The van der Waals surface area contributed by atoms with Gasteiger partial charge < -0.3 is 10.1 Å². The maximum Gasteiger partial charge on any atom is 0.274 e. The predicted octanol–water partition coefficient (Wildman–Crippen LogP) is 2.14. The van der Waals surface area contributed by atoms with E-state index in [-0.39, 0.29) is 17.8 Å². The summed E-state index contributed by atoms with van der Waals surface area (Å²) in [5, 5.41) is 14.1. The van der Waals surface area contributed by atoms with Gasteiger partial charge in [0.1, 0.15) is 5.82 Å². The van der Waals surface area contributed by atoms with Crippen molar-refractivity contribution in [1.29, 1.82) is 0 Å². The second-order valence-corrected chi connectivity index (χ2v) is 5.13. The van der Waals surface area contributed by atoms with Gasteiger partial charge in [-0.05, 0) is 31.4 Å².